The van der Waals surface area contributed by atoms with E-state index in [1.165, 1.54) is 25.8 Å². The number of piperidine rings is 1. The number of nitrogens with zero attached hydrogens (tertiary/aromatic N) is 1. The summed E-state index contributed by atoms with van der Waals surface area (Å²) in [7, 11) is 0. The van der Waals surface area contributed by atoms with Crippen molar-refractivity contribution < 1.29 is 4.79 Å². The van der Waals surface area contributed by atoms with Crippen LogP contribution in [-0.2, 0) is 4.79 Å². The van der Waals surface area contributed by atoms with E-state index in [1.807, 2.05) is 0 Å². The van der Waals surface area contributed by atoms with Gasteiger partial charge in [-0.15, -0.1) is 24.8 Å². The van der Waals surface area contributed by atoms with Gasteiger partial charge in [-0.25, -0.2) is 0 Å². The molecule has 3 unspecified atom stereocenters. The van der Waals surface area contributed by atoms with Gasteiger partial charge in [0.05, 0.1) is 0 Å². The van der Waals surface area contributed by atoms with Crippen LogP contribution in [0.15, 0.2) is 0 Å². The molecule has 1 aliphatic carbocycles. The smallest absolute Gasteiger partial charge is 0.223 e. The number of hydrogen-bond acceptors (Lipinski definition) is 3. The monoisotopic (exact) mass is 381 g/mol. The van der Waals surface area contributed by atoms with Gasteiger partial charge in [0.2, 0.25) is 5.91 Å². The van der Waals surface area contributed by atoms with E-state index in [1.54, 1.807) is 0 Å². The van der Waals surface area contributed by atoms with Crippen LogP contribution in [0, 0.1) is 11.8 Å². The predicted octanol–water partition coefficient (Wildman–Crippen LogP) is 3.36. The molecule has 2 fully saturated rings. The van der Waals surface area contributed by atoms with E-state index in [0.29, 0.717) is 0 Å². The number of likely N-dealkylation sites (tertiary alicyclic amines) is 1. The lowest BCUT2D eigenvalue weighted by Gasteiger charge is -2.44. The third kappa shape index (κ3) is 6.70. The molecule has 6 heteroatoms. The maximum Gasteiger partial charge on any atom is 0.223 e. The summed E-state index contributed by atoms with van der Waals surface area (Å²) in [4.78, 5) is 15.0. The maximum atomic E-state index is 12.4. The molecular formula is C18H37Cl2N3O. The van der Waals surface area contributed by atoms with Gasteiger partial charge in [0.15, 0.2) is 0 Å². The largest absolute Gasteiger partial charge is 0.354 e. The Morgan fingerprint density at radius 2 is 1.92 bits per heavy atom. The molecule has 0 radical (unpaired) electrons. The molecule has 0 aromatic carbocycles. The van der Waals surface area contributed by atoms with Crippen molar-refractivity contribution in [2.24, 2.45) is 17.6 Å². The van der Waals surface area contributed by atoms with Crippen LogP contribution >= 0.6 is 24.8 Å². The normalized spacial score (nSPS) is 28.4. The average Bonchev–Trinajstić information content (AvgIpc) is 2.52. The summed E-state index contributed by atoms with van der Waals surface area (Å²) in [5.41, 5.74) is 6.05. The van der Waals surface area contributed by atoms with Gasteiger partial charge in [0, 0.05) is 30.6 Å². The van der Waals surface area contributed by atoms with Gasteiger partial charge in [0.1, 0.15) is 0 Å². The fourth-order valence-corrected chi connectivity index (χ4v) is 3.97. The molecule has 2 rings (SSSR count). The van der Waals surface area contributed by atoms with Crippen molar-refractivity contribution in [1.29, 1.82) is 0 Å². The minimum Gasteiger partial charge on any atom is -0.354 e. The highest BCUT2D eigenvalue weighted by Gasteiger charge is 2.32. The summed E-state index contributed by atoms with van der Waals surface area (Å²) in [6.45, 7) is 9.89. The van der Waals surface area contributed by atoms with E-state index in [4.69, 9.17) is 5.73 Å². The van der Waals surface area contributed by atoms with Crippen molar-refractivity contribution in [2.75, 3.05) is 19.6 Å². The summed E-state index contributed by atoms with van der Waals surface area (Å²) in [5.74, 6) is 1.16. The van der Waals surface area contributed by atoms with Gasteiger partial charge < -0.3 is 11.1 Å². The molecule has 2 aliphatic rings. The van der Waals surface area contributed by atoms with Crippen LogP contribution in [0.25, 0.3) is 0 Å². The van der Waals surface area contributed by atoms with Crippen molar-refractivity contribution >= 4 is 30.7 Å². The van der Waals surface area contributed by atoms with E-state index < -0.39 is 0 Å². The Morgan fingerprint density at radius 3 is 2.54 bits per heavy atom. The van der Waals surface area contributed by atoms with Gasteiger partial charge in [-0.3, -0.25) is 9.69 Å². The van der Waals surface area contributed by atoms with Crippen molar-refractivity contribution in [1.82, 2.24) is 10.2 Å². The second-order valence-corrected chi connectivity index (χ2v) is 8.02. The van der Waals surface area contributed by atoms with Crippen molar-refractivity contribution in [2.45, 2.75) is 77.3 Å². The number of hydrogen-bond donors (Lipinski definition) is 2. The number of amides is 1. The Balaban J connectivity index is 0.00000264. The molecule has 1 aliphatic heterocycles. The molecule has 0 bridgehead atoms. The van der Waals surface area contributed by atoms with Crippen LogP contribution in [-0.4, -0.2) is 42.0 Å². The lowest BCUT2D eigenvalue weighted by Crippen LogP contribution is -2.55. The number of halogens is 2. The lowest BCUT2D eigenvalue weighted by molar-refractivity contribution is -0.126. The standard InChI is InChI=1S/C18H35N3O.2ClH/c1-4-14-7-6-10-21(12-14)18(2,3)13-20-17(22)15-8-5-9-16(19)11-15;;/h14-16H,4-13,19H2,1-3H3,(H,20,22);2*1H. The van der Waals surface area contributed by atoms with Crippen molar-refractivity contribution in [3.8, 4) is 0 Å². The zero-order valence-corrected chi connectivity index (χ0v) is 17.2. The molecule has 1 heterocycles. The molecular weight excluding hydrogens is 345 g/mol. The number of nitrogens with two attached hydrogens (primary N) is 1. The second-order valence-electron chi connectivity index (χ2n) is 8.02. The molecule has 1 amide bonds. The van der Waals surface area contributed by atoms with Crippen LogP contribution in [0.1, 0.15) is 65.7 Å². The summed E-state index contributed by atoms with van der Waals surface area (Å²) in [6, 6.07) is 0.213. The Bertz CT molecular complexity index is 379. The van der Waals surface area contributed by atoms with E-state index in [9.17, 15) is 4.79 Å². The van der Waals surface area contributed by atoms with Gasteiger partial charge >= 0.3 is 0 Å². The highest BCUT2D eigenvalue weighted by atomic mass is 35.5. The summed E-state index contributed by atoms with van der Waals surface area (Å²) in [5, 5.41) is 3.21. The first-order chi connectivity index (χ1) is 10.4. The van der Waals surface area contributed by atoms with Crippen LogP contribution in [0.2, 0.25) is 0 Å². The summed E-state index contributed by atoms with van der Waals surface area (Å²) < 4.78 is 0. The highest BCUT2D eigenvalue weighted by Crippen LogP contribution is 2.26. The van der Waals surface area contributed by atoms with E-state index in [2.05, 4.69) is 31.0 Å². The molecule has 144 valence electrons. The van der Waals surface area contributed by atoms with E-state index in [0.717, 1.165) is 44.7 Å². The zero-order valence-electron chi connectivity index (χ0n) is 15.6. The van der Waals surface area contributed by atoms with Crippen LogP contribution in [0.3, 0.4) is 0 Å². The van der Waals surface area contributed by atoms with Gasteiger partial charge in [0.25, 0.3) is 0 Å². The quantitative estimate of drug-likeness (QED) is 0.767. The molecule has 0 aromatic heterocycles. The molecule has 3 atom stereocenters. The molecule has 1 saturated carbocycles. The molecule has 3 N–H and O–H groups in total. The molecule has 4 nitrogen and oxygen atoms in total. The number of rotatable bonds is 5. The van der Waals surface area contributed by atoms with Crippen LogP contribution in [0.5, 0.6) is 0 Å². The third-order valence-corrected chi connectivity index (χ3v) is 5.73. The minimum atomic E-state index is 0. The van der Waals surface area contributed by atoms with Gasteiger partial charge in [-0.1, -0.05) is 19.8 Å². The fourth-order valence-electron chi connectivity index (χ4n) is 3.97. The van der Waals surface area contributed by atoms with E-state index >= 15 is 0 Å². The van der Waals surface area contributed by atoms with Gasteiger partial charge in [-0.05, 0) is 58.4 Å². The number of nitrogens with one attached hydrogen (secondary N) is 1. The van der Waals surface area contributed by atoms with Crippen LogP contribution in [0.4, 0.5) is 0 Å². The highest BCUT2D eigenvalue weighted by molar-refractivity contribution is 5.85. The zero-order chi connectivity index (χ0) is 16.2. The SMILES string of the molecule is CCC1CCCN(C(C)(C)CNC(=O)C2CCCC(N)C2)C1.Cl.Cl. The first-order valence-electron chi connectivity index (χ1n) is 9.20. The van der Waals surface area contributed by atoms with Crippen molar-refractivity contribution in [3.05, 3.63) is 0 Å². The van der Waals surface area contributed by atoms with Crippen LogP contribution < -0.4 is 11.1 Å². The van der Waals surface area contributed by atoms with E-state index in [-0.39, 0.29) is 48.2 Å². The first-order valence-corrected chi connectivity index (χ1v) is 9.20. The van der Waals surface area contributed by atoms with Gasteiger partial charge in [-0.2, -0.15) is 0 Å². The summed E-state index contributed by atoms with van der Waals surface area (Å²) >= 11 is 0. The average molecular weight is 382 g/mol. The predicted molar refractivity (Wildman–Crippen MR) is 106 cm³/mol. The Labute approximate surface area is 160 Å². The first kappa shape index (κ1) is 24.0. The number of carbonyl (C=O) groups is 1. The second kappa shape index (κ2) is 10.8. The number of carbonyl (C=O) groups excluding carboxylic acids is 1. The Hall–Kier alpha value is -0.0300. The maximum absolute atomic E-state index is 12.4. The minimum absolute atomic E-state index is 0. The Morgan fingerprint density at radius 1 is 1.21 bits per heavy atom. The topological polar surface area (TPSA) is 58.4 Å². The molecule has 1 saturated heterocycles. The lowest BCUT2D eigenvalue weighted by atomic mass is 9.85. The fraction of sp³-hybridized carbons (Fsp3) is 0.944. The Kier molecular flexibility index (Phi) is 10.8. The molecule has 0 aromatic rings. The molecule has 0 spiro atoms. The molecule has 24 heavy (non-hydrogen) atoms. The van der Waals surface area contributed by atoms with Crippen molar-refractivity contribution in [3.63, 3.8) is 0 Å². The third-order valence-electron chi connectivity index (χ3n) is 5.73. The summed E-state index contributed by atoms with van der Waals surface area (Å²) in [6.07, 6.45) is 7.92.